The highest BCUT2D eigenvalue weighted by atomic mass is 79.9. The molecular formula is C15H22BrNO. The van der Waals surface area contributed by atoms with Crippen molar-refractivity contribution in [1.29, 1.82) is 0 Å². The van der Waals surface area contributed by atoms with Gasteiger partial charge in [0.05, 0.1) is 6.10 Å². The van der Waals surface area contributed by atoms with E-state index in [9.17, 15) is 5.11 Å². The third kappa shape index (κ3) is 3.07. The van der Waals surface area contributed by atoms with Crippen LogP contribution >= 0.6 is 15.9 Å². The minimum Gasteiger partial charge on any atom is -0.389 e. The summed E-state index contributed by atoms with van der Waals surface area (Å²) in [5.74, 6) is 0. The predicted octanol–water partition coefficient (Wildman–Crippen LogP) is 4.13. The lowest BCUT2D eigenvalue weighted by Gasteiger charge is -2.40. The van der Waals surface area contributed by atoms with Gasteiger partial charge in [0.2, 0.25) is 0 Å². The molecule has 3 heteroatoms. The van der Waals surface area contributed by atoms with Crippen molar-refractivity contribution in [3.8, 4) is 0 Å². The lowest BCUT2D eigenvalue weighted by atomic mass is 9.83. The zero-order chi connectivity index (χ0) is 13.3. The first-order valence-corrected chi connectivity index (χ1v) is 7.41. The molecule has 0 aliphatic carbocycles. The van der Waals surface area contributed by atoms with Crippen LogP contribution in [0.2, 0.25) is 0 Å². The zero-order valence-corrected chi connectivity index (χ0v) is 13.0. The summed E-state index contributed by atoms with van der Waals surface area (Å²) in [6.45, 7) is 8.62. The molecule has 100 valence electrons. The van der Waals surface area contributed by atoms with E-state index in [2.05, 4.69) is 46.8 Å². The van der Waals surface area contributed by atoms with E-state index in [1.165, 1.54) is 18.5 Å². The Kier molecular flexibility index (Phi) is 4.02. The molecule has 1 fully saturated rings. The smallest absolute Gasteiger partial charge is 0.0782 e. The number of aliphatic hydroxyl groups is 1. The topological polar surface area (TPSA) is 23.5 Å². The molecule has 1 aromatic rings. The molecular weight excluding hydrogens is 290 g/mol. The van der Waals surface area contributed by atoms with E-state index in [1.807, 2.05) is 13.0 Å². The van der Waals surface area contributed by atoms with E-state index in [1.54, 1.807) is 0 Å². The molecule has 0 bridgehead atoms. The molecule has 2 nitrogen and oxygen atoms in total. The number of rotatable bonds is 2. The number of aliphatic hydroxyl groups excluding tert-OH is 1. The average Bonchev–Trinajstić information content (AvgIpc) is 2.27. The van der Waals surface area contributed by atoms with E-state index >= 15 is 0 Å². The Balaban J connectivity index is 2.32. The lowest BCUT2D eigenvalue weighted by molar-refractivity contribution is 0.199. The Hall–Kier alpha value is -0.540. The third-order valence-corrected chi connectivity index (χ3v) is 4.17. The fourth-order valence-corrected chi connectivity index (χ4v) is 3.16. The summed E-state index contributed by atoms with van der Waals surface area (Å²) in [4.78, 5) is 2.41. The Morgan fingerprint density at radius 3 is 2.72 bits per heavy atom. The highest BCUT2D eigenvalue weighted by Gasteiger charge is 2.28. The molecule has 18 heavy (non-hydrogen) atoms. The van der Waals surface area contributed by atoms with Gasteiger partial charge in [0.25, 0.3) is 0 Å². The van der Waals surface area contributed by atoms with Crippen LogP contribution in [0.3, 0.4) is 0 Å². The Labute approximate surface area is 118 Å². The van der Waals surface area contributed by atoms with E-state index in [0.29, 0.717) is 5.41 Å². The van der Waals surface area contributed by atoms with E-state index < -0.39 is 6.10 Å². The number of halogens is 1. The molecule has 1 aliphatic rings. The number of nitrogens with zero attached hydrogens (tertiary/aromatic N) is 1. The molecule has 1 N–H and O–H groups in total. The number of hydrogen-bond donors (Lipinski definition) is 1. The van der Waals surface area contributed by atoms with Gasteiger partial charge in [0, 0.05) is 28.8 Å². The van der Waals surface area contributed by atoms with E-state index in [0.717, 1.165) is 23.1 Å². The lowest BCUT2D eigenvalue weighted by Crippen LogP contribution is -2.40. The molecule has 1 saturated heterocycles. The monoisotopic (exact) mass is 311 g/mol. The normalized spacial score (nSPS) is 20.8. The van der Waals surface area contributed by atoms with Crippen LogP contribution in [0.15, 0.2) is 22.7 Å². The van der Waals surface area contributed by atoms with Crippen molar-refractivity contribution in [3.63, 3.8) is 0 Å². The largest absolute Gasteiger partial charge is 0.389 e. The van der Waals surface area contributed by atoms with Crippen LogP contribution in [0.1, 0.15) is 45.3 Å². The Morgan fingerprint density at radius 1 is 1.39 bits per heavy atom. The molecule has 1 aliphatic heterocycles. The second-order valence-electron chi connectivity index (χ2n) is 6.07. The van der Waals surface area contributed by atoms with Gasteiger partial charge >= 0.3 is 0 Å². The average molecular weight is 312 g/mol. The van der Waals surface area contributed by atoms with Crippen LogP contribution in [0.5, 0.6) is 0 Å². The van der Waals surface area contributed by atoms with Crippen molar-refractivity contribution in [2.75, 3.05) is 18.0 Å². The SMILES string of the molecule is CC(O)c1cc(Br)ccc1N1CCCC(C)(C)C1. The van der Waals surface area contributed by atoms with Crippen LogP contribution in [-0.4, -0.2) is 18.2 Å². The van der Waals surface area contributed by atoms with Gasteiger partial charge in [-0.3, -0.25) is 0 Å². The number of hydrogen-bond acceptors (Lipinski definition) is 2. The molecule has 0 saturated carbocycles. The van der Waals surface area contributed by atoms with Crippen LogP contribution in [0.25, 0.3) is 0 Å². The van der Waals surface area contributed by atoms with Gasteiger partial charge in [-0.05, 0) is 43.4 Å². The first kappa shape index (κ1) is 13.9. The third-order valence-electron chi connectivity index (χ3n) is 3.68. The van der Waals surface area contributed by atoms with Crippen molar-refractivity contribution in [2.45, 2.75) is 39.7 Å². The summed E-state index contributed by atoms with van der Waals surface area (Å²) in [5, 5.41) is 9.94. The predicted molar refractivity (Wildman–Crippen MR) is 80.0 cm³/mol. The van der Waals surface area contributed by atoms with Crippen molar-refractivity contribution in [1.82, 2.24) is 0 Å². The van der Waals surface area contributed by atoms with Gasteiger partial charge in [0.1, 0.15) is 0 Å². The molecule has 0 radical (unpaired) electrons. The molecule has 1 heterocycles. The maximum atomic E-state index is 9.94. The van der Waals surface area contributed by atoms with Crippen molar-refractivity contribution < 1.29 is 5.11 Å². The highest BCUT2D eigenvalue weighted by Crippen LogP contribution is 2.35. The van der Waals surface area contributed by atoms with Gasteiger partial charge in [-0.15, -0.1) is 0 Å². The summed E-state index contributed by atoms with van der Waals surface area (Å²) in [5.41, 5.74) is 2.56. The van der Waals surface area contributed by atoms with E-state index in [4.69, 9.17) is 0 Å². The maximum Gasteiger partial charge on any atom is 0.0782 e. The summed E-state index contributed by atoms with van der Waals surface area (Å²) < 4.78 is 1.03. The second kappa shape index (κ2) is 5.22. The summed E-state index contributed by atoms with van der Waals surface area (Å²) >= 11 is 3.48. The summed E-state index contributed by atoms with van der Waals surface area (Å²) in [6, 6.07) is 6.21. The minimum atomic E-state index is -0.428. The fourth-order valence-electron chi connectivity index (χ4n) is 2.78. The van der Waals surface area contributed by atoms with Gasteiger partial charge in [-0.2, -0.15) is 0 Å². The molecule has 1 atom stereocenters. The molecule has 0 amide bonds. The summed E-state index contributed by atoms with van der Waals surface area (Å²) in [7, 11) is 0. The van der Waals surface area contributed by atoms with Crippen LogP contribution < -0.4 is 4.90 Å². The van der Waals surface area contributed by atoms with Crippen LogP contribution in [0, 0.1) is 5.41 Å². The molecule has 0 spiro atoms. The number of benzene rings is 1. The second-order valence-corrected chi connectivity index (χ2v) is 6.98. The van der Waals surface area contributed by atoms with Crippen molar-refractivity contribution in [2.24, 2.45) is 5.41 Å². The standard InChI is InChI=1S/C15H22BrNO/c1-11(18)13-9-12(16)5-6-14(13)17-8-4-7-15(2,3)10-17/h5-6,9,11,18H,4,7-8,10H2,1-3H3. The highest BCUT2D eigenvalue weighted by molar-refractivity contribution is 9.10. The molecule has 0 aromatic heterocycles. The number of anilines is 1. The van der Waals surface area contributed by atoms with Crippen LogP contribution in [-0.2, 0) is 0 Å². The summed E-state index contributed by atoms with van der Waals surface area (Å²) in [6.07, 6.45) is 2.08. The van der Waals surface area contributed by atoms with E-state index in [-0.39, 0.29) is 0 Å². The first-order chi connectivity index (χ1) is 8.39. The Morgan fingerprint density at radius 2 is 2.11 bits per heavy atom. The van der Waals surface area contributed by atoms with Gasteiger partial charge in [-0.25, -0.2) is 0 Å². The molecule has 1 unspecified atom stereocenters. The Bertz CT molecular complexity index is 429. The number of piperidine rings is 1. The van der Waals surface area contributed by atoms with Gasteiger partial charge < -0.3 is 10.0 Å². The van der Waals surface area contributed by atoms with Gasteiger partial charge in [-0.1, -0.05) is 29.8 Å². The fraction of sp³-hybridized carbons (Fsp3) is 0.600. The van der Waals surface area contributed by atoms with Gasteiger partial charge in [0.15, 0.2) is 0 Å². The minimum absolute atomic E-state index is 0.362. The molecule has 2 rings (SSSR count). The van der Waals surface area contributed by atoms with Crippen molar-refractivity contribution in [3.05, 3.63) is 28.2 Å². The zero-order valence-electron chi connectivity index (χ0n) is 11.4. The molecule has 1 aromatic carbocycles. The van der Waals surface area contributed by atoms with Crippen LogP contribution in [0.4, 0.5) is 5.69 Å². The first-order valence-electron chi connectivity index (χ1n) is 6.61. The quantitative estimate of drug-likeness (QED) is 0.887. The maximum absolute atomic E-state index is 9.94. The van der Waals surface area contributed by atoms with Crippen molar-refractivity contribution >= 4 is 21.6 Å².